The van der Waals surface area contributed by atoms with Gasteiger partial charge in [-0.25, -0.2) is 21.6 Å². The first-order chi connectivity index (χ1) is 16.9. The van der Waals surface area contributed by atoms with Gasteiger partial charge in [0.1, 0.15) is 0 Å². The fourth-order valence-electron chi connectivity index (χ4n) is 7.28. The first kappa shape index (κ1) is 24.3. The van der Waals surface area contributed by atoms with Gasteiger partial charge in [-0.3, -0.25) is 0 Å². The molecule has 2 amide bonds. The Kier molecular flexibility index (Phi) is 5.40. The highest BCUT2D eigenvalue weighted by Gasteiger charge is 2.68. The summed E-state index contributed by atoms with van der Waals surface area (Å²) in [6, 6.07) is 8.98. The molecule has 0 aromatic heterocycles. The molecule has 198 valence electrons. The number of hydrogen-bond donors (Lipinski definition) is 0. The summed E-state index contributed by atoms with van der Waals surface area (Å²) in [5, 5.41) is 0. The number of amides is 2. The molecular weight excluding hydrogens is 500 g/mol. The molecule has 4 aliphatic heterocycles. The van der Waals surface area contributed by atoms with Crippen LogP contribution in [0.15, 0.2) is 24.3 Å². The third-order valence-electron chi connectivity index (χ3n) is 9.91. The summed E-state index contributed by atoms with van der Waals surface area (Å²) in [6.07, 6.45) is 2.00. The highest BCUT2D eigenvalue weighted by atomic mass is 32.2. The summed E-state index contributed by atoms with van der Waals surface area (Å²) in [7, 11) is -5.95. The van der Waals surface area contributed by atoms with E-state index < -0.39 is 19.7 Å². The van der Waals surface area contributed by atoms with Gasteiger partial charge in [-0.1, -0.05) is 13.8 Å². The number of carbonyl (C=O) groups is 1. The summed E-state index contributed by atoms with van der Waals surface area (Å²) >= 11 is 0. The van der Waals surface area contributed by atoms with Crippen LogP contribution in [0.5, 0.6) is 0 Å². The topological polar surface area (TPSA) is 98.3 Å². The Morgan fingerprint density at radius 2 is 1.39 bits per heavy atom. The molecule has 1 saturated carbocycles. The van der Waals surface area contributed by atoms with Crippen molar-refractivity contribution in [1.29, 1.82) is 0 Å². The molecule has 5 aliphatic rings. The van der Waals surface area contributed by atoms with Gasteiger partial charge in [-0.15, -0.1) is 0 Å². The van der Waals surface area contributed by atoms with Gasteiger partial charge in [-0.05, 0) is 47.9 Å². The fourth-order valence-corrected chi connectivity index (χ4v) is 9.68. The van der Waals surface area contributed by atoms with Gasteiger partial charge in [0.05, 0.1) is 29.1 Å². The van der Waals surface area contributed by atoms with Crippen LogP contribution in [0, 0.1) is 10.8 Å². The van der Waals surface area contributed by atoms with Gasteiger partial charge in [0.15, 0.2) is 19.7 Å². The van der Waals surface area contributed by atoms with E-state index in [9.17, 15) is 21.6 Å². The average molecular weight is 537 g/mol. The standard InChI is InChI=1S/C25H36N4O5S2/c1-24-16-22-25(24,2)15-21(29(18-24)23(30)27-9-13-36(33,34)14-10-27)17-28(22)20-5-3-19(4-6-20)26-7-11-35(31,32)12-8-26/h3-6,21-22H,7-18H2,1-2H3. The lowest BCUT2D eigenvalue weighted by atomic mass is 9.42. The maximum absolute atomic E-state index is 13.6. The number of urea groups is 1. The van der Waals surface area contributed by atoms with E-state index >= 15 is 0 Å². The van der Waals surface area contributed by atoms with Crippen molar-refractivity contribution < 1.29 is 21.6 Å². The Labute approximate surface area is 214 Å². The normalized spacial score (nSPS) is 36.8. The van der Waals surface area contributed by atoms with Crippen LogP contribution in [0.2, 0.25) is 0 Å². The number of benzene rings is 1. The zero-order valence-corrected chi connectivity index (χ0v) is 22.7. The molecule has 4 heterocycles. The molecule has 0 spiro atoms. The van der Waals surface area contributed by atoms with Gasteiger partial charge in [0, 0.05) is 56.7 Å². The van der Waals surface area contributed by atoms with Crippen LogP contribution in [0.4, 0.5) is 16.2 Å². The van der Waals surface area contributed by atoms with Crippen LogP contribution in [-0.2, 0) is 19.7 Å². The monoisotopic (exact) mass is 536 g/mol. The predicted molar refractivity (Wildman–Crippen MR) is 140 cm³/mol. The number of fused-ring (bicyclic) bond motifs is 1. The van der Waals surface area contributed by atoms with E-state index in [1.165, 1.54) is 0 Å². The third-order valence-corrected chi connectivity index (χ3v) is 13.1. The van der Waals surface area contributed by atoms with Crippen molar-refractivity contribution in [2.75, 3.05) is 72.1 Å². The number of hydrogen-bond acceptors (Lipinski definition) is 7. The minimum atomic E-state index is -3.04. The van der Waals surface area contributed by atoms with Crippen molar-refractivity contribution in [3.8, 4) is 0 Å². The SMILES string of the molecule is CC12CC3N(c4ccc(N5CCS(=O)(=O)CC5)cc4)CC(CC31C)N(C(=O)N1CCS(=O)(=O)CC1)C2. The maximum Gasteiger partial charge on any atom is 0.320 e. The minimum Gasteiger partial charge on any atom is -0.369 e. The van der Waals surface area contributed by atoms with Crippen LogP contribution in [-0.4, -0.2) is 107 Å². The van der Waals surface area contributed by atoms with E-state index in [0.29, 0.717) is 19.1 Å². The molecule has 1 aromatic carbocycles. The zero-order valence-electron chi connectivity index (χ0n) is 21.1. The van der Waals surface area contributed by atoms with E-state index in [-0.39, 0.29) is 59.0 Å². The van der Waals surface area contributed by atoms with Crippen LogP contribution in [0.25, 0.3) is 0 Å². The van der Waals surface area contributed by atoms with Gasteiger partial charge in [0.2, 0.25) is 0 Å². The molecule has 0 N–H and O–H groups in total. The van der Waals surface area contributed by atoms with Gasteiger partial charge < -0.3 is 19.6 Å². The van der Waals surface area contributed by atoms with E-state index in [4.69, 9.17) is 0 Å². The number of rotatable bonds is 2. The second kappa shape index (κ2) is 7.99. The van der Waals surface area contributed by atoms with Gasteiger partial charge >= 0.3 is 6.03 Å². The smallest absolute Gasteiger partial charge is 0.320 e. The lowest BCUT2D eigenvalue weighted by Crippen LogP contribution is -2.79. The molecule has 5 fully saturated rings. The highest BCUT2D eigenvalue weighted by Crippen LogP contribution is 2.66. The highest BCUT2D eigenvalue weighted by molar-refractivity contribution is 7.91. The van der Waals surface area contributed by atoms with Crippen molar-refractivity contribution in [2.24, 2.45) is 10.8 Å². The fraction of sp³-hybridized carbons (Fsp3) is 0.720. The molecule has 4 saturated heterocycles. The van der Waals surface area contributed by atoms with Crippen molar-refractivity contribution in [2.45, 2.75) is 38.8 Å². The average Bonchev–Trinajstić information content (AvgIpc) is 2.82. The summed E-state index contributed by atoms with van der Waals surface area (Å²) in [6.45, 7) is 7.81. The first-order valence-corrected chi connectivity index (χ1v) is 16.6. The van der Waals surface area contributed by atoms with E-state index in [2.05, 4.69) is 47.9 Å². The van der Waals surface area contributed by atoms with Crippen LogP contribution in [0.1, 0.15) is 26.7 Å². The van der Waals surface area contributed by atoms with Gasteiger partial charge in [0.25, 0.3) is 0 Å². The van der Waals surface area contributed by atoms with Crippen molar-refractivity contribution in [1.82, 2.24) is 9.80 Å². The Morgan fingerprint density at radius 1 is 0.833 bits per heavy atom. The lowest BCUT2D eigenvalue weighted by molar-refractivity contribution is -0.164. The Hall–Kier alpha value is -2.01. The number of sulfone groups is 2. The predicted octanol–water partition coefficient (Wildman–Crippen LogP) is 1.45. The second-order valence-corrected chi connectivity index (χ2v) is 16.5. The van der Waals surface area contributed by atoms with Crippen molar-refractivity contribution in [3.63, 3.8) is 0 Å². The molecule has 4 atom stereocenters. The second-order valence-electron chi connectivity index (χ2n) is 11.9. The maximum atomic E-state index is 13.6. The number of carbonyl (C=O) groups excluding carboxylic acids is 1. The number of likely N-dealkylation sites (tertiary alicyclic amines) is 1. The van der Waals surface area contributed by atoms with Crippen LogP contribution in [0.3, 0.4) is 0 Å². The molecule has 2 bridgehead atoms. The molecule has 4 unspecified atom stereocenters. The molecule has 0 radical (unpaired) electrons. The molecule has 1 aromatic rings. The quantitative estimate of drug-likeness (QED) is 0.564. The Balaban J connectivity index is 1.21. The Morgan fingerprint density at radius 3 is 2.00 bits per heavy atom. The minimum absolute atomic E-state index is 0.0149. The summed E-state index contributed by atoms with van der Waals surface area (Å²) in [4.78, 5) is 21.9. The van der Waals surface area contributed by atoms with Gasteiger partial charge in [-0.2, -0.15) is 0 Å². The molecule has 11 heteroatoms. The summed E-state index contributed by atoms with van der Waals surface area (Å²) < 4.78 is 47.4. The largest absolute Gasteiger partial charge is 0.369 e. The lowest BCUT2D eigenvalue weighted by Gasteiger charge is -2.73. The molecule has 36 heavy (non-hydrogen) atoms. The van der Waals surface area contributed by atoms with E-state index in [0.717, 1.165) is 37.3 Å². The van der Waals surface area contributed by atoms with Crippen molar-refractivity contribution in [3.05, 3.63) is 24.3 Å². The van der Waals surface area contributed by atoms with E-state index in [1.54, 1.807) is 4.90 Å². The number of nitrogens with zero attached hydrogens (tertiary/aromatic N) is 4. The van der Waals surface area contributed by atoms with E-state index in [1.807, 2.05) is 4.90 Å². The summed E-state index contributed by atoms with van der Waals surface area (Å²) in [5.74, 6) is 0.508. The first-order valence-electron chi connectivity index (χ1n) is 13.0. The number of piperidine rings is 2. The zero-order chi connectivity index (χ0) is 25.5. The Bertz CT molecular complexity index is 1260. The van der Waals surface area contributed by atoms with Crippen molar-refractivity contribution >= 4 is 37.1 Å². The van der Waals surface area contributed by atoms with Crippen LogP contribution >= 0.6 is 0 Å². The number of anilines is 2. The molecular formula is C25H36N4O5S2. The molecule has 9 nitrogen and oxygen atoms in total. The summed E-state index contributed by atoms with van der Waals surface area (Å²) in [5.41, 5.74) is 2.36. The molecule has 1 aliphatic carbocycles. The van der Waals surface area contributed by atoms with Crippen LogP contribution < -0.4 is 9.80 Å². The third kappa shape index (κ3) is 3.79. The molecule has 6 rings (SSSR count).